The van der Waals surface area contributed by atoms with E-state index in [2.05, 4.69) is 15.8 Å². The summed E-state index contributed by atoms with van der Waals surface area (Å²) in [6.45, 7) is 0.328. The lowest BCUT2D eigenvalue weighted by Crippen LogP contribution is -2.29. The molecule has 74 valence electrons. The molecule has 1 aliphatic heterocycles. The summed E-state index contributed by atoms with van der Waals surface area (Å²) in [7, 11) is 0. The summed E-state index contributed by atoms with van der Waals surface area (Å²) < 4.78 is 0. The molecule has 1 fully saturated rings. The number of hydrogen-bond donors (Lipinski definition) is 2. The Hall–Kier alpha value is -1.53. The van der Waals surface area contributed by atoms with Crippen molar-refractivity contribution in [2.24, 2.45) is 0 Å². The fraction of sp³-hybridized carbons (Fsp3) is 0.375. The Kier molecular flexibility index (Phi) is 2.38. The maximum Gasteiger partial charge on any atom is 0.248 e. The molecule has 1 aromatic rings. The van der Waals surface area contributed by atoms with Crippen molar-refractivity contribution >= 4 is 0 Å². The van der Waals surface area contributed by atoms with Crippen molar-refractivity contribution in [3.63, 3.8) is 0 Å². The predicted octanol–water partition coefficient (Wildman–Crippen LogP) is -0.124. The van der Waals surface area contributed by atoms with Gasteiger partial charge in [-0.15, -0.1) is 0 Å². The Labute approximate surface area is 80.5 Å². The van der Waals surface area contributed by atoms with Crippen molar-refractivity contribution in [3.8, 4) is 0 Å². The van der Waals surface area contributed by atoms with E-state index in [0.717, 1.165) is 0 Å². The van der Waals surface area contributed by atoms with Crippen molar-refractivity contribution < 1.29 is 4.92 Å². The quantitative estimate of drug-likeness (QED) is 0.506. The van der Waals surface area contributed by atoms with Crippen LogP contribution in [0.15, 0.2) is 24.4 Å². The number of rotatable bonds is 2. The number of pyridine rings is 1. The van der Waals surface area contributed by atoms with E-state index < -0.39 is 6.04 Å². The number of nitro groups is 1. The first-order chi connectivity index (χ1) is 6.79. The van der Waals surface area contributed by atoms with Gasteiger partial charge in [0.15, 0.2) is 0 Å². The van der Waals surface area contributed by atoms with Crippen LogP contribution in [0.2, 0.25) is 0 Å². The summed E-state index contributed by atoms with van der Waals surface area (Å²) >= 11 is 0. The van der Waals surface area contributed by atoms with Gasteiger partial charge in [0.1, 0.15) is 6.04 Å². The van der Waals surface area contributed by atoms with Crippen LogP contribution < -0.4 is 10.9 Å². The minimum Gasteiger partial charge on any atom is -0.264 e. The molecule has 0 bridgehead atoms. The van der Waals surface area contributed by atoms with Crippen molar-refractivity contribution in [2.45, 2.75) is 12.1 Å². The molecule has 6 heteroatoms. The van der Waals surface area contributed by atoms with Gasteiger partial charge in [0.05, 0.1) is 12.2 Å². The van der Waals surface area contributed by atoms with Gasteiger partial charge in [-0.25, -0.2) is 10.9 Å². The van der Waals surface area contributed by atoms with Crippen LogP contribution in [0.25, 0.3) is 0 Å². The van der Waals surface area contributed by atoms with Gasteiger partial charge >= 0.3 is 0 Å². The van der Waals surface area contributed by atoms with Crippen LogP contribution in [0, 0.1) is 10.1 Å². The first kappa shape index (κ1) is 9.04. The zero-order valence-electron chi connectivity index (χ0n) is 7.38. The molecule has 2 atom stereocenters. The third-order valence-electron chi connectivity index (χ3n) is 2.23. The Bertz CT molecular complexity index is 329. The van der Waals surface area contributed by atoms with Crippen molar-refractivity contribution in [2.75, 3.05) is 6.54 Å². The third kappa shape index (κ3) is 1.57. The molecular formula is C8H10N4O2. The summed E-state index contributed by atoms with van der Waals surface area (Å²) in [5, 5.41) is 10.7. The van der Waals surface area contributed by atoms with Crippen LogP contribution in [0.3, 0.4) is 0 Å². The maximum absolute atomic E-state index is 10.7. The first-order valence-corrected chi connectivity index (χ1v) is 4.32. The Morgan fingerprint density at radius 3 is 3.07 bits per heavy atom. The molecule has 1 aliphatic rings. The summed E-state index contributed by atoms with van der Waals surface area (Å²) in [5.41, 5.74) is 6.31. The fourth-order valence-electron chi connectivity index (χ4n) is 1.51. The van der Waals surface area contributed by atoms with Gasteiger partial charge in [0.25, 0.3) is 0 Å². The highest BCUT2D eigenvalue weighted by Crippen LogP contribution is 2.18. The van der Waals surface area contributed by atoms with Crippen molar-refractivity contribution in [3.05, 3.63) is 40.2 Å². The van der Waals surface area contributed by atoms with Gasteiger partial charge in [0.2, 0.25) is 6.04 Å². The van der Waals surface area contributed by atoms with Crippen molar-refractivity contribution in [1.82, 2.24) is 15.8 Å². The number of hydrogen-bond acceptors (Lipinski definition) is 5. The largest absolute Gasteiger partial charge is 0.264 e. The fourth-order valence-corrected chi connectivity index (χ4v) is 1.51. The van der Waals surface area contributed by atoms with Gasteiger partial charge in [0, 0.05) is 11.1 Å². The highest BCUT2D eigenvalue weighted by Gasteiger charge is 2.37. The molecular weight excluding hydrogens is 184 g/mol. The van der Waals surface area contributed by atoms with Gasteiger partial charge in [-0.1, -0.05) is 6.07 Å². The molecule has 0 aromatic carbocycles. The SMILES string of the molecule is O=[N+]([O-])C1CNNC1c1ccccn1. The van der Waals surface area contributed by atoms with E-state index in [9.17, 15) is 10.1 Å². The Morgan fingerprint density at radius 1 is 1.57 bits per heavy atom. The average molecular weight is 194 g/mol. The van der Waals surface area contributed by atoms with Crippen LogP contribution in [0.5, 0.6) is 0 Å². The van der Waals surface area contributed by atoms with E-state index >= 15 is 0 Å². The minimum absolute atomic E-state index is 0.285. The van der Waals surface area contributed by atoms with Crippen LogP contribution in [-0.4, -0.2) is 22.5 Å². The number of nitrogens with zero attached hydrogens (tertiary/aromatic N) is 2. The predicted molar refractivity (Wildman–Crippen MR) is 48.9 cm³/mol. The lowest BCUT2D eigenvalue weighted by Gasteiger charge is -2.10. The molecule has 0 radical (unpaired) electrons. The molecule has 0 saturated carbocycles. The third-order valence-corrected chi connectivity index (χ3v) is 2.23. The minimum atomic E-state index is -0.648. The second-order valence-corrected chi connectivity index (χ2v) is 3.11. The van der Waals surface area contributed by atoms with Gasteiger partial charge in [-0.3, -0.25) is 15.1 Å². The zero-order valence-corrected chi connectivity index (χ0v) is 7.38. The molecule has 14 heavy (non-hydrogen) atoms. The second kappa shape index (κ2) is 3.69. The summed E-state index contributed by atoms with van der Waals surface area (Å²) in [6, 6.07) is 4.39. The van der Waals surface area contributed by atoms with Crippen LogP contribution >= 0.6 is 0 Å². The number of nitrogens with one attached hydrogen (secondary N) is 2. The van der Waals surface area contributed by atoms with Crippen LogP contribution in [0.4, 0.5) is 0 Å². The molecule has 2 rings (SSSR count). The van der Waals surface area contributed by atoms with Crippen LogP contribution in [0.1, 0.15) is 11.7 Å². The summed E-state index contributed by atoms with van der Waals surface area (Å²) in [4.78, 5) is 14.5. The molecule has 2 heterocycles. The van der Waals surface area contributed by atoms with Gasteiger partial charge in [-0.05, 0) is 12.1 Å². The molecule has 1 saturated heterocycles. The molecule has 2 unspecified atom stereocenters. The zero-order chi connectivity index (χ0) is 9.97. The molecule has 6 nitrogen and oxygen atoms in total. The summed E-state index contributed by atoms with van der Waals surface area (Å²) in [5.74, 6) is 0. The second-order valence-electron chi connectivity index (χ2n) is 3.11. The van der Waals surface area contributed by atoms with E-state index in [1.165, 1.54) is 0 Å². The van der Waals surface area contributed by atoms with E-state index in [0.29, 0.717) is 12.2 Å². The highest BCUT2D eigenvalue weighted by atomic mass is 16.6. The maximum atomic E-state index is 10.7. The molecule has 0 spiro atoms. The van der Waals surface area contributed by atoms with E-state index in [4.69, 9.17) is 0 Å². The molecule has 0 aliphatic carbocycles. The average Bonchev–Trinajstić information content (AvgIpc) is 2.67. The van der Waals surface area contributed by atoms with Gasteiger partial charge < -0.3 is 0 Å². The van der Waals surface area contributed by atoms with E-state index in [1.807, 2.05) is 6.07 Å². The van der Waals surface area contributed by atoms with Crippen molar-refractivity contribution in [1.29, 1.82) is 0 Å². The smallest absolute Gasteiger partial charge is 0.248 e. The lowest BCUT2D eigenvalue weighted by molar-refractivity contribution is -0.521. The summed E-state index contributed by atoms with van der Waals surface area (Å²) in [6.07, 6.45) is 1.63. The first-order valence-electron chi connectivity index (χ1n) is 4.32. The van der Waals surface area contributed by atoms with Crippen LogP contribution in [-0.2, 0) is 0 Å². The van der Waals surface area contributed by atoms with E-state index in [1.54, 1.807) is 18.3 Å². The molecule has 1 aromatic heterocycles. The van der Waals surface area contributed by atoms with E-state index in [-0.39, 0.29) is 11.0 Å². The monoisotopic (exact) mass is 194 g/mol. The Balaban J connectivity index is 2.22. The standard InChI is InChI=1S/C8H10N4O2/c13-12(14)7-5-10-11-8(7)6-3-1-2-4-9-6/h1-4,7-8,10-11H,5H2. The molecule has 0 amide bonds. The lowest BCUT2D eigenvalue weighted by atomic mass is 10.1. The topological polar surface area (TPSA) is 80.1 Å². The molecule has 2 N–H and O–H groups in total. The Morgan fingerprint density at radius 2 is 2.43 bits per heavy atom. The normalized spacial score (nSPS) is 26.3. The number of aromatic nitrogens is 1. The number of hydrazine groups is 1. The van der Waals surface area contributed by atoms with Gasteiger partial charge in [-0.2, -0.15) is 0 Å². The highest BCUT2D eigenvalue weighted by molar-refractivity contribution is 5.11.